The molecule has 0 bridgehead atoms. The highest BCUT2D eigenvalue weighted by Crippen LogP contribution is 2.27. The van der Waals surface area contributed by atoms with E-state index in [4.69, 9.17) is 0 Å². The third-order valence-corrected chi connectivity index (χ3v) is 5.05. The molecule has 0 rings (SSSR count). The average molecular weight is 213 g/mol. The zero-order valence-corrected chi connectivity index (χ0v) is 11.3. The smallest absolute Gasteiger partial charge is 0.222 e. The highest BCUT2D eigenvalue weighted by Gasteiger charge is 2.26. The van der Waals surface area contributed by atoms with Crippen molar-refractivity contribution in [2.45, 2.75) is 38.5 Å². The van der Waals surface area contributed by atoms with E-state index in [1.165, 1.54) is 0 Å². The lowest BCUT2D eigenvalue weighted by molar-refractivity contribution is -0.128. The Bertz CT molecular complexity index is 216. The van der Waals surface area contributed by atoms with Gasteiger partial charge in [0, 0.05) is 20.5 Å². The monoisotopic (exact) mass is 213 g/mol. The second-order valence-electron chi connectivity index (χ2n) is 4.99. The molecule has 1 amide bonds. The Labute approximate surface area is 89.0 Å². The van der Waals surface area contributed by atoms with Gasteiger partial charge < -0.3 is 4.90 Å². The lowest BCUT2D eigenvalue weighted by Gasteiger charge is -2.26. The number of rotatable bonds is 4. The Morgan fingerprint density at radius 2 is 1.86 bits per heavy atom. The van der Waals surface area contributed by atoms with E-state index in [0.717, 1.165) is 0 Å². The molecule has 1 unspecified atom stereocenters. The summed E-state index contributed by atoms with van der Waals surface area (Å²) in [5, 5.41) is 0. The van der Waals surface area contributed by atoms with Crippen LogP contribution in [0.2, 0.25) is 25.2 Å². The van der Waals surface area contributed by atoms with E-state index >= 15 is 0 Å². The number of carbonyl (C=O) groups excluding carboxylic acids is 1. The fourth-order valence-corrected chi connectivity index (χ4v) is 2.82. The molecule has 0 spiro atoms. The third kappa shape index (κ3) is 4.60. The number of hydrogen-bond acceptors (Lipinski definition) is 1. The molecule has 0 aliphatic carbocycles. The summed E-state index contributed by atoms with van der Waals surface area (Å²) in [5.74, 6) is 0.232. The lowest BCUT2D eigenvalue weighted by Crippen LogP contribution is -2.32. The Kier molecular flexibility index (Phi) is 5.12. The molecule has 0 heterocycles. The molecule has 0 radical (unpaired) electrons. The van der Waals surface area contributed by atoms with Gasteiger partial charge in [0.15, 0.2) is 0 Å². The van der Waals surface area contributed by atoms with Crippen molar-refractivity contribution in [3.05, 3.63) is 12.2 Å². The van der Waals surface area contributed by atoms with E-state index in [2.05, 4.69) is 31.8 Å². The summed E-state index contributed by atoms with van der Waals surface area (Å²) in [6.45, 7) is 8.94. The van der Waals surface area contributed by atoms with Crippen LogP contribution in [0.15, 0.2) is 12.2 Å². The van der Waals surface area contributed by atoms with Gasteiger partial charge in [-0.25, -0.2) is 0 Å². The van der Waals surface area contributed by atoms with Gasteiger partial charge in [-0.3, -0.25) is 4.79 Å². The zero-order chi connectivity index (χ0) is 11.4. The Morgan fingerprint density at radius 1 is 1.36 bits per heavy atom. The van der Waals surface area contributed by atoms with Crippen LogP contribution < -0.4 is 0 Å². The highest BCUT2D eigenvalue weighted by molar-refractivity contribution is 6.78. The fourth-order valence-electron chi connectivity index (χ4n) is 1.27. The van der Waals surface area contributed by atoms with Crippen molar-refractivity contribution in [2.24, 2.45) is 0 Å². The molecule has 2 nitrogen and oxygen atoms in total. The number of amides is 1. The van der Waals surface area contributed by atoms with Crippen molar-refractivity contribution in [2.75, 3.05) is 14.1 Å². The number of nitrogens with zero attached hydrogens (tertiary/aromatic N) is 1. The molecule has 3 heteroatoms. The van der Waals surface area contributed by atoms with Gasteiger partial charge in [-0.15, -0.1) is 0 Å². The van der Waals surface area contributed by atoms with Crippen LogP contribution in [-0.2, 0) is 4.79 Å². The predicted octanol–water partition coefficient (Wildman–Crippen LogP) is 2.75. The summed E-state index contributed by atoms with van der Waals surface area (Å²) < 4.78 is 0. The lowest BCUT2D eigenvalue weighted by atomic mass is 10.2. The quantitative estimate of drug-likeness (QED) is 0.519. The van der Waals surface area contributed by atoms with Gasteiger partial charge in [0.2, 0.25) is 5.91 Å². The van der Waals surface area contributed by atoms with Crippen molar-refractivity contribution in [3.8, 4) is 0 Å². The second-order valence-corrected chi connectivity index (χ2v) is 10.5. The van der Waals surface area contributed by atoms with E-state index in [1.54, 1.807) is 4.90 Å². The molecule has 82 valence electrons. The van der Waals surface area contributed by atoms with Crippen molar-refractivity contribution in [1.29, 1.82) is 0 Å². The molecular formula is C11H23NOSi. The maximum absolute atomic E-state index is 11.6. The Morgan fingerprint density at radius 3 is 2.14 bits per heavy atom. The van der Waals surface area contributed by atoms with E-state index in [9.17, 15) is 4.79 Å². The summed E-state index contributed by atoms with van der Waals surface area (Å²) >= 11 is 0. The maximum Gasteiger partial charge on any atom is 0.222 e. The minimum Gasteiger partial charge on any atom is -0.349 e. The van der Waals surface area contributed by atoms with E-state index in [-0.39, 0.29) is 5.91 Å². The van der Waals surface area contributed by atoms with Crippen LogP contribution in [0.4, 0.5) is 0 Å². The van der Waals surface area contributed by atoms with E-state index in [1.807, 2.05) is 21.0 Å². The molecule has 0 fully saturated rings. The molecule has 1 atom stereocenters. The molecule has 0 saturated carbocycles. The molecule has 14 heavy (non-hydrogen) atoms. The first kappa shape index (κ1) is 13.4. The van der Waals surface area contributed by atoms with Gasteiger partial charge in [0.25, 0.3) is 0 Å². The van der Waals surface area contributed by atoms with E-state index < -0.39 is 8.07 Å². The minimum absolute atomic E-state index is 0.232. The van der Waals surface area contributed by atoms with Crippen molar-refractivity contribution < 1.29 is 4.79 Å². The molecule has 0 aliphatic heterocycles. The summed E-state index contributed by atoms with van der Waals surface area (Å²) in [5.41, 5.74) is 0.461. The average Bonchev–Trinajstić information content (AvgIpc) is 2.01. The third-order valence-electron chi connectivity index (χ3n) is 2.43. The topological polar surface area (TPSA) is 20.3 Å². The summed E-state index contributed by atoms with van der Waals surface area (Å²) in [6.07, 6.45) is 4.91. The minimum atomic E-state index is -1.25. The first-order valence-electron chi connectivity index (χ1n) is 5.12. The summed E-state index contributed by atoms with van der Waals surface area (Å²) in [7, 11) is 2.39. The number of carbonyl (C=O) groups is 1. The molecule has 0 aromatic heterocycles. The highest BCUT2D eigenvalue weighted by atomic mass is 28.3. The van der Waals surface area contributed by atoms with Gasteiger partial charge >= 0.3 is 0 Å². The maximum atomic E-state index is 11.6. The largest absolute Gasteiger partial charge is 0.349 e. The number of allylic oxidation sites excluding steroid dienone is 2. The number of hydrogen-bond donors (Lipinski definition) is 0. The summed E-state index contributed by atoms with van der Waals surface area (Å²) in [6, 6.07) is 0. The summed E-state index contributed by atoms with van der Waals surface area (Å²) in [4.78, 5) is 13.3. The normalized spacial score (nSPS) is 14.4. The van der Waals surface area contributed by atoms with Crippen molar-refractivity contribution in [3.63, 3.8) is 0 Å². The molecule has 0 aromatic carbocycles. The molecule has 0 N–H and O–H groups in total. The van der Waals surface area contributed by atoms with Crippen LogP contribution in [-0.4, -0.2) is 33.0 Å². The van der Waals surface area contributed by atoms with Crippen LogP contribution in [0.3, 0.4) is 0 Å². The van der Waals surface area contributed by atoms with Crippen LogP contribution >= 0.6 is 0 Å². The molecular weight excluding hydrogens is 190 g/mol. The molecule has 0 saturated heterocycles. The second kappa shape index (κ2) is 5.34. The standard InChI is InChI=1S/C11H23NOSi/c1-7-8-10(14(4,5)6)9-11(13)12(2)3/h7-8,10H,9H2,1-6H3/b8-7+. The van der Waals surface area contributed by atoms with Gasteiger partial charge in [-0.05, 0) is 12.5 Å². The van der Waals surface area contributed by atoms with Crippen LogP contribution in [0.25, 0.3) is 0 Å². The fraction of sp³-hybridized carbons (Fsp3) is 0.727. The van der Waals surface area contributed by atoms with E-state index in [0.29, 0.717) is 12.0 Å². The Balaban J connectivity index is 4.47. The predicted molar refractivity (Wildman–Crippen MR) is 65.2 cm³/mol. The van der Waals surface area contributed by atoms with Gasteiger partial charge in [0.05, 0.1) is 8.07 Å². The van der Waals surface area contributed by atoms with Crippen LogP contribution in [0.1, 0.15) is 13.3 Å². The van der Waals surface area contributed by atoms with Crippen LogP contribution in [0.5, 0.6) is 0 Å². The van der Waals surface area contributed by atoms with Crippen molar-refractivity contribution in [1.82, 2.24) is 4.90 Å². The first-order chi connectivity index (χ1) is 6.29. The van der Waals surface area contributed by atoms with Crippen LogP contribution in [0, 0.1) is 0 Å². The zero-order valence-electron chi connectivity index (χ0n) is 10.3. The van der Waals surface area contributed by atoms with Gasteiger partial charge in [-0.1, -0.05) is 31.8 Å². The Hall–Kier alpha value is -0.573. The van der Waals surface area contributed by atoms with Crippen molar-refractivity contribution >= 4 is 14.0 Å². The molecule has 0 aliphatic rings. The SMILES string of the molecule is C/C=C/C(CC(=O)N(C)C)[Si](C)(C)C. The van der Waals surface area contributed by atoms with Gasteiger partial charge in [-0.2, -0.15) is 0 Å². The van der Waals surface area contributed by atoms with Gasteiger partial charge in [0.1, 0.15) is 0 Å². The first-order valence-corrected chi connectivity index (χ1v) is 8.69. The molecule has 0 aromatic rings.